The van der Waals surface area contributed by atoms with Crippen LogP contribution in [0.25, 0.3) is 0 Å². The Morgan fingerprint density at radius 3 is 2.78 bits per heavy atom. The van der Waals surface area contributed by atoms with Gasteiger partial charge in [0.05, 0.1) is 6.61 Å². The molecule has 0 unspecified atom stereocenters. The molecule has 0 fully saturated rings. The van der Waals surface area contributed by atoms with Gasteiger partial charge in [-0.25, -0.2) is 0 Å². The summed E-state index contributed by atoms with van der Waals surface area (Å²) < 4.78 is 4.93. The summed E-state index contributed by atoms with van der Waals surface area (Å²) in [6.07, 6.45) is 0.705. The summed E-state index contributed by atoms with van der Waals surface area (Å²) >= 11 is 5.92. The number of carbonyl (C=O) groups excluding carboxylic acids is 1. The minimum atomic E-state index is -0.247. The quantitative estimate of drug-likeness (QED) is 0.723. The lowest BCUT2D eigenvalue weighted by molar-refractivity contribution is 0.0948. The van der Waals surface area contributed by atoms with Gasteiger partial charge in [-0.2, -0.15) is 0 Å². The Morgan fingerprint density at radius 2 is 2.09 bits per heavy atom. The molecule has 122 valence electrons. The van der Waals surface area contributed by atoms with E-state index in [-0.39, 0.29) is 11.6 Å². The molecule has 2 rings (SSSR count). The van der Waals surface area contributed by atoms with Crippen molar-refractivity contribution in [1.82, 2.24) is 15.5 Å². The monoisotopic (exact) mass is 334 g/mol. The number of hydrogen-bond donors (Lipinski definition) is 2. The largest absolute Gasteiger partial charge is 0.383 e. The average molecular weight is 335 g/mol. The first-order valence-corrected chi connectivity index (χ1v) is 7.66. The molecule has 6 nitrogen and oxygen atoms in total. The van der Waals surface area contributed by atoms with Crippen molar-refractivity contribution in [2.24, 2.45) is 0 Å². The van der Waals surface area contributed by atoms with Gasteiger partial charge >= 0.3 is 0 Å². The maximum atomic E-state index is 12.0. The summed E-state index contributed by atoms with van der Waals surface area (Å²) in [4.78, 5) is 12.0. The third-order valence-corrected chi connectivity index (χ3v) is 3.33. The van der Waals surface area contributed by atoms with Gasteiger partial charge in [0.25, 0.3) is 5.91 Å². The van der Waals surface area contributed by atoms with E-state index in [0.717, 1.165) is 5.56 Å². The highest BCUT2D eigenvalue weighted by atomic mass is 35.5. The van der Waals surface area contributed by atoms with Crippen molar-refractivity contribution < 1.29 is 9.53 Å². The molecule has 1 aromatic carbocycles. The summed E-state index contributed by atoms with van der Waals surface area (Å²) in [5, 5.41) is 14.4. The van der Waals surface area contributed by atoms with Crippen molar-refractivity contribution in [3.8, 4) is 0 Å². The Kier molecular flexibility index (Phi) is 6.77. The second-order valence-electron chi connectivity index (χ2n) is 4.86. The fourth-order valence-electron chi connectivity index (χ4n) is 1.93. The standard InChI is InChI=1S/C16H19ClN4O2/c1-23-10-9-18-15-6-5-14(20-21-15)16(22)19-8-7-12-3-2-4-13(17)11-12/h2-6,11H,7-10H2,1H3,(H,18,21)(H,19,22). The third kappa shape index (κ3) is 5.84. The molecule has 0 aliphatic carbocycles. The molecule has 0 saturated carbocycles. The third-order valence-electron chi connectivity index (χ3n) is 3.10. The second kappa shape index (κ2) is 9.07. The highest BCUT2D eigenvalue weighted by Crippen LogP contribution is 2.10. The molecule has 1 heterocycles. The van der Waals surface area contributed by atoms with Crippen molar-refractivity contribution in [3.63, 3.8) is 0 Å². The van der Waals surface area contributed by atoms with Crippen LogP contribution in [0.2, 0.25) is 5.02 Å². The van der Waals surface area contributed by atoms with Crippen LogP contribution in [0.1, 0.15) is 16.1 Å². The van der Waals surface area contributed by atoms with Crippen LogP contribution in [-0.4, -0.2) is 42.9 Å². The summed E-state index contributed by atoms with van der Waals surface area (Å²) in [5.74, 6) is 0.362. The van der Waals surface area contributed by atoms with Crippen molar-refractivity contribution in [2.45, 2.75) is 6.42 Å². The Bertz CT molecular complexity index is 634. The molecular weight excluding hydrogens is 316 g/mol. The zero-order chi connectivity index (χ0) is 16.5. The number of methoxy groups -OCH3 is 1. The molecular formula is C16H19ClN4O2. The van der Waals surface area contributed by atoms with Crippen LogP contribution in [0.3, 0.4) is 0 Å². The number of hydrogen-bond acceptors (Lipinski definition) is 5. The first-order valence-electron chi connectivity index (χ1n) is 7.28. The summed E-state index contributed by atoms with van der Waals surface area (Å²) in [6.45, 7) is 1.72. The Hall–Kier alpha value is -2.18. The van der Waals surface area contributed by atoms with Crippen molar-refractivity contribution in [2.75, 3.05) is 32.1 Å². The number of carbonyl (C=O) groups is 1. The summed E-state index contributed by atoms with van der Waals surface area (Å²) in [6, 6.07) is 10.9. The summed E-state index contributed by atoms with van der Waals surface area (Å²) in [7, 11) is 1.63. The van der Waals surface area contributed by atoms with E-state index < -0.39 is 0 Å². The lowest BCUT2D eigenvalue weighted by atomic mass is 10.1. The van der Waals surface area contributed by atoms with Gasteiger partial charge < -0.3 is 15.4 Å². The van der Waals surface area contributed by atoms with Crippen molar-refractivity contribution in [3.05, 3.63) is 52.7 Å². The fourth-order valence-corrected chi connectivity index (χ4v) is 2.15. The molecule has 0 spiro atoms. The maximum Gasteiger partial charge on any atom is 0.271 e. The predicted octanol–water partition coefficient (Wildman–Crippen LogP) is 2.16. The number of amides is 1. The van der Waals surface area contributed by atoms with Gasteiger partial charge in [0.15, 0.2) is 5.69 Å². The lowest BCUT2D eigenvalue weighted by Crippen LogP contribution is -2.26. The normalized spacial score (nSPS) is 10.3. The molecule has 2 N–H and O–H groups in total. The Morgan fingerprint density at radius 1 is 1.22 bits per heavy atom. The van der Waals surface area contributed by atoms with Crippen LogP contribution in [0, 0.1) is 0 Å². The molecule has 1 amide bonds. The smallest absolute Gasteiger partial charge is 0.271 e. The predicted molar refractivity (Wildman–Crippen MR) is 89.9 cm³/mol. The van der Waals surface area contributed by atoms with E-state index >= 15 is 0 Å². The number of nitrogens with one attached hydrogen (secondary N) is 2. The molecule has 0 saturated heterocycles. The van der Waals surface area contributed by atoms with Gasteiger partial charge in [-0.1, -0.05) is 23.7 Å². The highest BCUT2D eigenvalue weighted by molar-refractivity contribution is 6.30. The minimum Gasteiger partial charge on any atom is -0.383 e. The van der Waals surface area contributed by atoms with Gasteiger partial charge in [-0.15, -0.1) is 10.2 Å². The van der Waals surface area contributed by atoms with Crippen LogP contribution in [0.4, 0.5) is 5.82 Å². The van der Waals surface area contributed by atoms with E-state index in [1.165, 1.54) is 0 Å². The molecule has 0 radical (unpaired) electrons. The number of benzene rings is 1. The fraction of sp³-hybridized carbons (Fsp3) is 0.312. The molecule has 1 aromatic heterocycles. The number of anilines is 1. The minimum absolute atomic E-state index is 0.247. The van der Waals surface area contributed by atoms with E-state index in [4.69, 9.17) is 16.3 Å². The van der Waals surface area contributed by atoms with E-state index in [1.54, 1.807) is 19.2 Å². The summed E-state index contributed by atoms with van der Waals surface area (Å²) in [5.41, 5.74) is 1.36. The van der Waals surface area contributed by atoms with Crippen LogP contribution in [0.15, 0.2) is 36.4 Å². The Labute approximate surface area is 140 Å². The number of ether oxygens (including phenoxy) is 1. The first-order chi connectivity index (χ1) is 11.2. The topological polar surface area (TPSA) is 76.1 Å². The molecule has 0 bridgehead atoms. The molecule has 23 heavy (non-hydrogen) atoms. The van der Waals surface area contributed by atoms with E-state index in [0.29, 0.717) is 37.0 Å². The van der Waals surface area contributed by atoms with Crippen molar-refractivity contribution in [1.29, 1.82) is 0 Å². The van der Waals surface area contributed by atoms with Gasteiger partial charge in [0.2, 0.25) is 0 Å². The van der Waals surface area contributed by atoms with E-state index in [9.17, 15) is 4.79 Å². The van der Waals surface area contributed by atoms with Crippen LogP contribution < -0.4 is 10.6 Å². The molecule has 0 aliphatic rings. The van der Waals surface area contributed by atoms with Gasteiger partial charge in [-0.3, -0.25) is 4.79 Å². The van der Waals surface area contributed by atoms with Gasteiger partial charge in [0.1, 0.15) is 5.82 Å². The van der Waals surface area contributed by atoms with E-state index in [2.05, 4.69) is 20.8 Å². The number of rotatable bonds is 8. The molecule has 2 aromatic rings. The average Bonchev–Trinajstić information content (AvgIpc) is 2.56. The first kappa shape index (κ1) is 17.2. The number of aromatic nitrogens is 2. The number of halogens is 1. The van der Waals surface area contributed by atoms with Crippen LogP contribution >= 0.6 is 11.6 Å². The highest BCUT2D eigenvalue weighted by Gasteiger charge is 2.07. The van der Waals surface area contributed by atoms with Gasteiger partial charge in [0, 0.05) is 25.2 Å². The lowest BCUT2D eigenvalue weighted by Gasteiger charge is -2.06. The Balaban J connectivity index is 1.79. The molecule has 0 atom stereocenters. The zero-order valence-electron chi connectivity index (χ0n) is 12.9. The molecule has 7 heteroatoms. The van der Waals surface area contributed by atoms with E-state index in [1.807, 2.05) is 24.3 Å². The molecule has 0 aliphatic heterocycles. The van der Waals surface area contributed by atoms with Crippen LogP contribution in [-0.2, 0) is 11.2 Å². The maximum absolute atomic E-state index is 12.0. The second-order valence-corrected chi connectivity index (χ2v) is 5.30. The number of nitrogens with zero attached hydrogens (tertiary/aromatic N) is 2. The zero-order valence-corrected chi connectivity index (χ0v) is 13.6. The van der Waals surface area contributed by atoms with Crippen LogP contribution in [0.5, 0.6) is 0 Å². The SMILES string of the molecule is COCCNc1ccc(C(=O)NCCc2cccc(Cl)c2)nn1. The van der Waals surface area contributed by atoms with Gasteiger partial charge in [-0.05, 0) is 36.2 Å². The van der Waals surface area contributed by atoms with Crippen molar-refractivity contribution >= 4 is 23.3 Å².